The van der Waals surface area contributed by atoms with Crippen molar-refractivity contribution in [2.75, 3.05) is 7.05 Å². The van der Waals surface area contributed by atoms with Crippen molar-refractivity contribution < 1.29 is 0 Å². The molecule has 1 heterocycles. The maximum absolute atomic E-state index is 6.13. The van der Waals surface area contributed by atoms with Crippen LogP contribution >= 0.6 is 38.9 Å². The third-order valence-corrected chi connectivity index (χ3v) is 5.63. The smallest absolute Gasteiger partial charge is 0.107 e. The number of thiophene rings is 1. The van der Waals surface area contributed by atoms with Crippen molar-refractivity contribution in [2.24, 2.45) is 5.92 Å². The molecule has 1 aromatic heterocycles. The molecule has 0 aliphatic rings. The van der Waals surface area contributed by atoms with Crippen molar-refractivity contribution in [1.29, 1.82) is 0 Å². The molecular formula is C13H21BrClNS. The highest BCUT2D eigenvalue weighted by Gasteiger charge is 2.22. The third kappa shape index (κ3) is 4.23. The Morgan fingerprint density at radius 2 is 1.94 bits per heavy atom. The first-order valence-corrected chi connectivity index (χ1v) is 8.24. The molecular weight excluding hydrogens is 318 g/mol. The third-order valence-electron chi connectivity index (χ3n) is 3.07. The summed E-state index contributed by atoms with van der Waals surface area (Å²) in [4.78, 5) is 1.34. The first kappa shape index (κ1) is 15.5. The molecule has 0 radical (unpaired) electrons. The lowest BCUT2D eigenvalue weighted by Crippen LogP contribution is -2.24. The summed E-state index contributed by atoms with van der Waals surface area (Å²) >= 11 is 11.3. The lowest BCUT2D eigenvalue weighted by molar-refractivity contribution is 0.335. The molecule has 0 aliphatic heterocycles. The summed E-state index contributed by atoms with van der Waals surface area (Å²) in [6.07, 6.45) is 5.02. The van der Waals surface area contributed by atoms with Gasteiger partial charge in [0.1, 0.15) is 4.34 Å². The SMILES string of the molecule is CCCC(CCC)C(NC)c1cc(Br)c(Cl)s1. The van der Waals surface area contributed by atoms with Crippen LogP contribution < -0.4 is 5.32 Å². The van der Waals surface area contributed by atoms with Crippen molar-refractivity contribution in [3.8, 4) is 0 Å². The normalized spacial score (nSPS) is 13.3. The zero-order chi connectivity index (χ0) is 12.8. The van der Waals surface area contributed by atoms with Crippen LogP contribution in [0.15, 0.2) is 10.5 Å². The molecule has 0 fully saturated rings. The summed E-state index contributed by atoms with van der Waals surface area (Å²) < 4.78 is 1.87. The summed E-state index contributed by atoms with van der Waals surface area (Å²) in [5, 5.41) is 3.46. The Balaban J connectivity index is 2.86. The van der Waals surface area contributed by atoms with Gasteiger partial charge in [0.25, 0.3) is 0 Å². The van der Waals surface area contributed by atoms with Gasteiger partial charge in [-0.1, -0.05) is 38.3 Å². The minimum absolute atomic E-state index is 0.434. The second-order valence-electron chi connectivity index (χ2n) is 4.37. The maximum Gasteiger partial charge on any atom is 0.107 e. The predicted octanol–water partition coefficient (Wildman–Crippen LogP) is 5.64. The van der Waals surface area contributed by atoms with Gasteiger partial charge in [-0.15, -0.1) is 11.3 Å². The first-order chi connectivity index (χ1) is 8.13. The Bertz CT molecular complexity index is 315. The molecule has 0 spiro atoms. The van der Waals surface area contributed by atoms with Crippen molar-refractivity contribution >= 4 is 38.9 Å². The second kappa shape index (κ2) is 7.78. The van der Waals surface area contributed by atoms with E-state index in [4.69, 9.17) is 11.6 Å². The molecule has 1 N–H and O–H groups in total. The summed E-state index contributed by atoms with van der Waals surface area (Å²) in [7, 11) is 2.05. The average Bonchev–Trinajstić information content (AvgIpc) is 2.61. The molecule has 0 saturated carbocycles. The highest BCUT2D eigenvalue weighted by atomic mass is 79.9. The molecule has 0 amide bonds. The van der Waals surface area contributed by atoms with Crippen LogP contribution in [0.25, 0.3) is 0 Å². The zero-order valence-electron chi connectivity index (χ0n) is 10.7. The maximum atomic E-state index is 6.13. The number of rotatable bonds is 7. The number of hydrogen-bond donors (Lipinski definition) is 1. The molecule has 1 atom stereocenters. The second-order valence-corrected chi connectivity index (χ2v) is 6.91. The van der Waals surface area contributed by atoms with Crippen molar-refractivity contribution in [1.82, 2.24) is 5.32 Å². The van der Waals surface area contributed by atoms with E-state index in [9.17, 15) is 0 Å². The summed E-state index contributed by atoms with van der Waals surface area (Å²) in [6.45, 7) is 4.51. The molecule has 1 rings (SSSR count). The summed E-state index contributed by atoms with van der Waals surface area (Å²) in [6, 6.07) is 2.59. The molecule has 1 unspecified atom stereocenters. The fourth-order valence-electron chi connectivity index (χ4n) is 2.35. The summed E-state index contributed by atoms with van der Waals surface area (Å²) in [5.74, 6) is 0.705. The minimum Gasteiger partial charge on any atom is -0.312 e. The molecule has 0 aliphatic carbocycles. The predicted molar refractivity (Wildman–Crippen MR) is 82.1 cm³/mol. The van der Waals surface area contributed by atoms with Crippen LogP contribution in [0.1, 0.15) is 50.4 Å². The van der Waals surface area contributed by atoms with Gasteiger partial charge in [-0.3, -0.25) is 0 Å². The Morgan fingerprint density at radius 1 is 1.35 bits per heavy atom. The van der Waals surface area contributed by atoms with Crippen LogP contribution in [0.2, 0.25) is 4.34 Å². The van der Waals surface area contributed by atoms with E-state index in [2.05, 4.69) is 41.2 Å². The van der Waals surface area contributed by atoms with Gasteiger partial charge in [0.15, 0.2) is 0 Å². The zero-order valence-corrected chi connectivity index (χ0v) is 13.9. The van der Waals surface area contributed by atoms with Crippen molar-refractivity contribution in [3.05, 3.63) is 19.8 Å². The van der Waals surface area contributed by atoms with Gasteiger partial charge in [-0.05, 0) is 47.8 Å². The fraction of sp³-hybridized carbons (Fsp3) is 0.692. The Kier molecular flexibility index (Phi) is 7.08. The highest BCUT2D eigenvalue weighted by molar-refractivity contribution is 9.10. The molecule has 0 bridgehead atoms. The molecule has 1 aromatic rings. The fourth-order valence-corrected chi connectivity index (χ4v) is 4.29. The van der Waals surface area contributed by atoms with Crippen LogP contribution in [0.3, 0.4) is 0 Å². The highest BCUT2D eigenvalue weighted by Crippen LogP contribution is 2.39. The Morgan fingerprint density at radius 3 is 2.29 bits per heavy atom. The Hall–Kier alpha value is 0.430. The molecule has 17 heavy (non-hydrogen) atoms. The van der Waals surface area contributed by atoms with E-state index in [1.54, 1.807) is 11.3 Å². The quantitative estimate of drug-likeness (QED) is 0.678. The average molecular weight is 339 g/mol. The van der Waals surface area contributed by atoms with Crippen molar-refractivity contribution in [2.45, 2.75) is 45.6 Å². The lowest BCUT2D eigenvalue weighted by Gasteiger charge is -2.25. The van der Waals surface area contributed by atoms with Crippen LogP contribution in [0.4, 0.5) is 0 Å². The van der Waals surface area contributed by atoms with Crippen LogP contribution in [-0.2, 0) is 0 Å². The standard InChI is InChI=1S/C13H21BrClNS/c1-4-6-9(7-5-2)12(16-3)11-8-10(14)13(15)17-11/h8-9,12,16H,4-7H2,1-3H3. The largest absolute Gasteiger partial charge is 0.312 e. The number of halogens is 2. The lowest BCUT2D eigenvalue weighted by atomic mass is 9.89. The van der Waals surface area contributed by atoms with Crippen LogP contribution in [-0.4, -0.2) is 7.05 Å². The van der Waals surface area contributed by atoms with E-state index < -0.39 is 0 Å². The van der Waals surface area contributed by atoms with Gasteiger partial charge in [0.05, 0.1) is 0 Å². The molecule has 4 heteroatoms. The van der Waals surface area contributed by atoms with Gasteiger partial charge in [0.2, 0.25) is 0 Å². The van der Waals surface area contributed by atoms with E-state index in [-0.39, 0.29) is 0 Å². The van der Waals surface area contributed by atoms with E-state index >= 15 is 0 Å². The number of hydrogen-bond acceptors (Lipinski definition) is 2. The molecule has 1 nitrogen and oxygen atoms in total. The van der Waals surface area contributed by atoms with E-state index in [0.717, 1.165) is 8.81 Å². The molecule has 0 saturated heterocycles. The van der Waals surface area contributed by atoms with Gasteiger partial charge in [-0.2, -0.15) is 0 Å². The molecule has 0 aromatic carbocycles. The van der Waals surface area contributed by atoms with Gasteiger partial charge >= 0.3 is 0 Å². The number of nitrogens with one attached hydrogen (secondary N) is 1. The van der Waals surface area contributed by atoms with E-state index in [0.29, 0.717) is 12.0 Å². The first-order valence-electron chi connectivity index (χ1n) is 6.25. The van der Waals surface area contributed by atoms with Crippen LogP contribution in [0, 0.1) is 5.92 Å². The van der Waals surface area contributed by atoms with Crippen LogP contribution in [0.5, 0.6) is 0 Å². The molecule has 98 valence electrons. The van der Waals surface area contributed by atoms with Gasteiger partial charge < -0.3 is 5.32 Å². The minimum atomic E-state index is 0.434. The van der Waals surface area contributed by atoms with E-state index in [1.807, 2.05) is 7.05 Å². The van der Waals surface area contributed by atoms with Gasteiger partial charge in [0, 0.05) is 15.4 Å². The topological polar surface area (TPSA) is 12.0 Å². The monoisotopic (exact) mass is 337 g/mol. The van der Waals surface area contributed by atoms with Gasteiger partial charge in [-0.25, -0.2) is 0 Å². The Labute approximate surface area is 122 Å². The van der Waals surface area contributed by atoms with Crippen molar-refractivity contribution in [3.63, 3.8) is 0 Å². The van der Waals surface area contributed by atoms with E-state index in [1.165, 1.54) is 30.6 Å². The summed E-state index contributed by atoms with van der Waals surface area (Å²) in [5.41, 5.74) is 0.